The molecular weight excluding hydrogens is 296 g/mol. The van der Waals surface area contributed by atoms with Crippen molar-refractivity contribution in [1.82, 2.24) is 4.57 Å². The largest absolute Gasteiger partial charge is 0.322 e. The van der Waals surface area contributed by atoms with Gasteiger partial charge in [0.25, 0.3) is 5.91 Å². The third-order valence-electron chi connectivity index (χ3n) is 4.51. The van der Waals surface area contributed by atoms with Crippen molar-refractivity contribution < 1.29 is 4.79 Å². The first-order valence-electron chi connectivity index (χ1n) is 8.10. The van der Waals surface area contributed by atoms with E-state index in [9.17, 15) is 4.79 Å². The van der Waals surface area contributed by atoms with Crippen molar-refractivity contribution in [3.05, 3.63) is 82.7 Å². The number of aryl methyl sites for hydroxylation is 3. The molecule has 3 heteroatoms. The van der Waals surface area contributed by atoms with Crippen LogP contribution in [-0.4, -0.2) is 10.5 Å². The molecule has 1 N–H and O–H groups in total. The molecule has 0 aliphatic carbocycles. The van der Waals surface area contributed by atoms with Gasteiger partial charge in [-0.25, -0.2) is 0 Å². The van der Waals surface area contributed by atoms with E-state index in [-0.39, 0.29) is 5.91 Å². The third kappa shape index (κ3) is 2.98. The molecule has 3 rings (SSSR count). The second-order valence-electron chi connectivity index (χ2n) is 6.20. The lowest BCUT2D eigenvalue weighted by molar-refractivity contribution is 0.102. The predicted molar refractivity (Wildman–Crippen MR) is 99.1 cm³/mol. The molecular formula is C21H22N2O. The van der Waals surface area contributed by atoms with Crippen molar-refractivity contribution >= 4 is 11.6 Å². The van der Waals surface area contributed by atoms with Gasteiger partial charge in [-0.1, -0.05) is 12.1 Å². The van der Waals surface area contributed by atoms with Gasteiger partial charge in [0, 0.05) is 28.3 Å². The van der Waals surface area contributed by atoms with E-state index >= 15 is 0 Å². The fraction of sp³-hybridized carbons (Fsp3) is 0.190. The number of aromatic nitrogens is 1. The van der Waals surface area contributed by atoms with Gasteiger partial charge in [0.2, 0.25) is 0 Å². The second kappa shape index (κ2) is 6.36. The SMILES string of the molecule is Cc1cccc(NC(=O)c2ccc(-n3c(C)ccc3C)cc2)c1C. The minimum atomic E-state index is -0.0869. The highest BCUT2D eigenvalue weighted by Crippen LogP contribution is 2.20. The van der Waals surface area contributed by atoms with Crippen LogP contribution in [0.25, 0.3) is 5.69 Å². The lowest BCUT2D eigenvalue weighted by Crippen LogP contribution is -2.13. The van der Waals surface area contributed by atoms with Crippen LogP contribution in [0.4, 0.5) is 5.69 Å². The zero-order chi connectivity index (χ0) is 17.3. The number of anilines is 1. The van der Waals surface area contributed by atoms with E-state index in [1.54, 1.807) is 0 Å². The number of hydrogen-bond donors (Lipinski definition) is 1. The van der Waals surface area contributed by atoms with Crippen molar-refractivity contribution in [2.75, 3.05) is 5.32 Å². The molecule has 0 radical (unpaired) electrons. The minimum absolute atomic E-state index is 0.0869. The number of benzene rings is 2. The molecule has 2 aromatic carbocycles. The van der Waals surface area contributed by atoms with E-state index in [0.717, 1.165) is 16.9 Å². The molecule has 0 aliphatic heterocycles. The van der Waals surface area contributed by atoms with E-state index in [1.807, 2.05) is 56.3 Å². The van der Waals surface area contributed by atoms with Crippen molar-refractivity contribution in [3.63, 3.8) is 0 Å². The molecule has 0 unspecified atom stereocenters. The van der Waals surface area contributed by atoms with Crippen LogP contribution < -0.4 is 5.32 Å². The Morgan fingerprint density at radius 3 is 2.08 bits per heavy atom. The molecule has 122 valence electrons. The molecule has 0 saturated carbocycles. The highest BCUT2D eigenvalue weighted by atomic mass is 16.1. The molecule has 0 atom stereocenters. The van der Waals surface area contributed by atoms with Crippen LogP contribution in [0.15, 0.2) is 54.6 Å². The monoisotopic (exact) mass is 318 g/mol. The summed E-state index contributed by atoms with van der Waals surface area (Å²) in [4.78, 5) is 12.5. The summed E-state index contributed by atoms with van der Waals surface area (Å²) in [5.74, 6) is -0.0869. The van der Waals surface area contributed by atoms with Gasteiger partial charge in [0.15, 0.2) is 0 Å². The van der Waals surface area contributed by atoms with Gasteiger partial charge in [-0.15, -0.1) is 0 Å². The van der Waals surface area contributed by atoms with Gasteiger partial charge in [-0.05, 0) is 81.3 Å². The molecule has 0 aliphatic rings. The highest BCUT2D eigenvalue weighted by molar-refractivity contribution is 6.04. The Morgan fingerprint density at radius 1 is 0.833 bits per heavy atom. The first-order valence-corrected chi connectivity index (χ1v) is 8.10. The van der Waals surface area contributed by atoms with Crippen molar-refractivity contribution in [1.29, 1.82) is 0 Å². The van der Waals surface area contributed by atoms with Crippen LogP contribution >= 0.6 is 0 Å². The topological polar surface area (TPSA) is 34.0 Å². The molecule has 3 nitrogen and oxygen atoms in total. The summed E-state index contributed by atoms with van der Waals surface area (Å²) in [5.41, 5.74) is 7.21. The summed E-state index contributed by atoms with van der Waals surface area (Å²) in [5, 5.41) is 3.00. The maximum atomic E-state index is 12.5. The Bertz CT molecular complexity index is 869. The zero-order valence-electron chi connectivity index (χ0n) is 14.6. The van der Waals surface area contributed by atoms with E-state index in [1.165, 1.54) is 17.0 Å². The Balaban J connectivity index is 1.83. The zero-order valence-corrected chi connectivity index (χ0v) is 14.6. The average Bonchev–Trinajstić information content (AvgIpc) is 2.91. The number of amides is 1. The van der Waals surface area contributed by atoms with E-state index < -0.39 is 0 Å². The lowest BCUT2D eigenvalue weighted by Gasteiger charge is -2.12. The summed E-state index contributed by atoms with van der Waals surface area (Å²) in [7, 11) is 0. The predicted octanol–water partition coefficient (Wildman–Crippen LogP) is 4.96. The third-order valence-corrected chi connectivity index (χ3v) is 4.51. The number of carbonyl (C=O) groups excluding carboxylic acids is 1. The molecule has 0 bridgehead atoms. The Kier molecular flexibility index (Phi) is 4.26. The van der Waals surface area contributed by atoms with Gasteiger partial charge < -0.3 is 9.88 Å². The maximum Gasteiger partial charge on any atom is 0.255 e. The van der Waals surface area contributed by atoms with Crippen molar-refractivity contribution in [2.24, 2.45) is 0 Å². The van der Waals surface area contributed by atoms with E-state index in [0.29, 0.717) is 5.56 Å². The Labute approximate surface area is 143 Å². The number of rotatable bonds is 3. The summed E-state index contributed by atoms with van der Waals surface area (Å²) >= 11 is 0. The smallest absolute Gasteiger partial charge is 0.255 e. The van der Waals surface area contributed by atoms with Crippen LogP contribution in [0.1, 0.15) is 32.9 Å². The lowest BCUT2D eigenvalue weighted by atomic mass is 10.1. The number of nitrogens with one attached hydrogen (secondary N) is 1. The minimum Gasteiger partial charge on any atom is -0.322 e. The van der Waals surface area contributed by atoms with Crippen LogP contribution in [0.3, 0.4) is 0 Å². The quantitative estimate of drug-likeness (QED) is 0.727. The summed E-state index contributed by atoms with van der Waals surface area (Å²) in [6, 6.07) is 17.8. The highest BCUT2D eigenvalue weighted by Gasteiger charge is 2.10. The number of hydrogen-bond acceptors (Lipinski definition) is 1. The van der Waals surface area contributed by atoms with Crippen molar-refractivity contribution in [3.8, 4) is 5.69 Å². The average molecular weight is 318 g/mol. The molecule has 0 fully saturated rings. The maximum absolute atomic E-state index is 12.5. The Hall–Kier alpha value is -2.81. The standard InChI is InChI=1S/C21H22N2O/c1-14-6-5-7-20(17(14)4)22-21(24)18-10-12-19(13-11-18)23-15(2)8-9-16(23)3/h5-13H,1-4H3,(H,22,24). The van der Waals surface area contributed by atoms with Crippen LogP contribution in [0.2, 0.25) is 0 Å². The fourth-order valence-corrected chi connectivity index (χ4v) is 2.92. The second-order valence-corrected chi connectivity index (χ2v) is 6.20. The first-order chi connectivity index (χ1) is 11.5. The van der Waals surface area contributed by atoms with Gasteiger partial charge in [-0.3, -0.25) is 4.79 Å². The molecule has 0 saturated heterocycles. The molecule has 3 aromatic rings. The summed E-state index contributed by atoms with van der Waals surface area (Å²) < 4.78 is 2.17. The molecule has 0 spiro atoms. The fourth-order valence-electron chi connectivity index (χ4n) is 2.92. The van der Waals surface area contributed by atoms with Gasteiger partial charge in [0.1, 0.15) is 0 Å². The molecule has 1 aromatic heterocycles. The Morgan fingerprint density at radius 2 is 1.46 bits per heavy atom. The molecule has 24 heavy (non-hydrogen) atoms. The van der Waals surface area contributed by atoms with Crippen molar-refractivity contribution in [2.45, 2.75) is 27.7 Å². The number of nitrogens with zero attached hydrogens (tertiary/aromatic N) is 1. The van der Waals surface area contributed by atoms with Crippen LogP contribution in [0.5, 0.6) is 0 Å². The van der Waals surface area contributed by atoms with E-state index in [4.69, 9.17) is 0 Å². The first kappa shape index (κ1) is 16.1. The molecule has 1 amide bonds. The van der Waals surface area contributed by atoms with Crippen LogP contribution in [-0.2, 0) is 0 Å². The number of carbonyl (C=O) groups is 1. The van der Waals surface area contributed by atoms with Gasteiger partial charge in [0.05, 0.1) is 0 Å². The molecule has 1 heterocycles. The normalized spacial score (nSPS) is 10.7. The summed E-state index contributed by atoms with van der Waals surface area (Å²) in [6.45, 7) is 8.22. The summed E-state index contributed by atoms with van der Waals surface area (Å²) in [6.07, 6.45) is 0. The van der Waals surface area contributed by atoms with Gasteiger partial charge >= 0.3 is 0 Å². The van der Waals surface area contributed by atoms with E-state index in [2.05, 4.69) is 35.9 Å². The van der Waals surface area contributed by atoms with Crippen LogP contribution in [0, 0.1) is 27.7 Å². The van der Waals surface area contributed by atoms with Gasteiger partial charge in [-0.2, -0.15) is 0 Å².